The van der Waals surface area contributed by atoms with Crippen molar-refractivity contribution in [1.29, 1.82) is 0 Å². The lowest BCUT2D eigenvalue weighted by atomic mass is 11.5. The van der Waals surface area contributed by atoms with Crippen LogP contribution in [0.25, 0.3) is 0 Å². The van der Waals surface area contributed by atoms with Gasteiger partial charge in [0.15, 0.2) is 4.45 Å². The molecule has 0 spiro atoms. The summed E-state index contributed by atoms with van der Waals surface area (Å²) in [5, 5.41) is 0. The summed E-state index contributed by atoms with van der Waals surface area (Å²) in [5.74, 6) is 0. The number of hydrogen-bond donors (Lipinski definition) is 0. The maximum absolute atomic E-state index is 5.46. The Morgan fingerprint density at radius 1 is 1.50 bits per heavy atom. The second-order valence-corrected chi connectivity index (χ2v) is 3.54. The molecule has 0 aliphatic heterocycles. The summed E-state index contributed by atoms with van der Waals surface area (Å²) in [6.45, 7) is 0. The zero-order chi connectivity index (χ0) is 6.57. The normalized spacial score (nSPS) is 8.88. The molecule has 0 aliphatic carbocycles. The summed E-state index contributed by atoms with van der Waals surface area (Å²) >= 11 is 13.1. The summed E-state index contributed by atoms with van der Waals surface area (Å²) in [6.07, 6.45) is 3.84. The maximum Gasteiger partial charge on any atom is 0.190 e. The standard InChI is InChI=1S/C3H6ClNS3/c1-7-5(8-2)3(4)6/h1-2H3. The number of rotatable bonds is 2. The Labute approximate surface area is 68.4 Å². The predicted octanol–water partition coefficient (Wildman–Crippen LogP) is 2.37. The fourth-order valence-corrected chi connectivity index (χ4v) is 1.96. The van der Waals surface area contributed by atoms with Gasteiger partial charge < -0.3 is 0 Å². The van der Waals surface area contributed by atoms with E-state index in [-0.39, 0.29) is 0 Å². The number of nitrogens with zero attached hydrogens (tertiary/aromatic N) is 1. The molecule has 0 saturated heterocycles. The highest BCUT2D eigenvalue weighted by molar-refractivity contribution is 8.13. The highest BCUT2D eigenvalue weighted by Gasteiger charge is 2.00. The van der Waals surface area contributed by atoms with Crippen LogP contribution in [-0.4, -0.2) is 20.7 Å². The van der Waals surface area contributed by atoms with Crippen molar-refractivity contribution in [3.8, 4) is 0 Å². The minimum absolute atomic E-state index is 0.394. The fourth-order valence-electron chi connectivity index (χ4n) is 0.218. The number of thiocarbonyl (C=S) groups is 1. The van der Waals surface area contributed by atoms with Crippen molar-refractivity contribution in [1.82, 2.24) is 3.71 Å². The highest BCUT2D eigenvalue weighted by Crippen LogP contribution is 2.18. The second kappa shape index (κ2) is 4.73. The van der Waals surface area contributed by atoms with Crippen LogP contribution in [0.2, 0.25) is 0 Å². The molecule has 0 heterocycles. The molecule has 0 N–H and O–H groups in total. The summed E-state index contributed by atoms with van der Waals surface area (Å²) in [4.78, 5) is 0. The molecule has 0 bridgehead atoms. The van der Waals surface area contributed by atoms with E-state index in [0.29, 0.717) is 4.45 Å². The molecule has 0 amide bonds. The van der Waals surface area contributed by atoms with Gasteiger partial charge in [-0.25, -0.2) is 3.71 Å². The summed E-state index contributed by atoms with van der Waals surface area (Å²) in [5.41, 5.74) is 0. The lowest BCUT2D eigenvalue weighted by Gasteiger charge is -2.12. The predicted molar refractivity (Wildman–Crippen MR) is 47.3 cm³/mol. The van der Waals surface area contributed by atoms with Crippen molar-refractivity contribution in [2.75, 3.05) is 12.5 Å². The van der Waals surface area contributed by atoms with Crippen molar-refractivity contribution in [3.63, 3.8) is 0 Å². The molecule has 0 saturated carbocycles. The molecule has 0 unspecified atom stereocenters. The first kappa shape index (κ1) is 8.88. The van der Waals surface area contributed by atoms with Gasteiger partial charge in [-0.3, -0.25) is 0 Å². The van der Waals surface area contributed by atoms with E-state index in [9.17, 15) is 0 Å². The quantitative estimate of drug-likeness (QED) is 0.283. The van der Waals surface area contributed by atoms with Crippen LogP contribution >= 0.6 is 47.7 Å². The maximum atomic E-state index is 5.46. The van der Waals surface area contributed by atoms with E-state index < -0.39 is 0 Å². The zero-order valence-electron chi connectivity index (χ0n) is 4.55. The Bertz CT molecular complexity index is 82.6. The van der Waals surface area contributed by atoms with E-state index in [1.54, 1.807) is 3.71 Å². The molecule has 0 aromatic carbocycles. The summed E-state index contributed by atoms with van der Waals surface area (Å²) < 4.78 is 2.14. The molecule has 0 rings (SSSR count). The van der Waals surface area contributed by atoms with Crippen LogP contribution < -0.4 is 0 Å². The van der Waals surface area contributed by atoms with Gasteiger partial charge in [0.2, 0.25) is 0 Å². The molecule has 0 aromatic rings. The van der Waals surface area contributed by atoms with Crippen molar-refractivity contribution in [3.05, 3.63) is 0 Å². The van der Waals surface area contributed by atoms with Gasteiger partial charge in [-0.05, 0) is 36.1 Å². The molecular formula is C3H6ClNS3. The van der Waals surface area contributed by atoms with Crippen molar-refractivity contribution in [2.45, 2.75) is 0 Å². The van der Waals surface area contributed by atoms with Crippen LogP contribution in [0, 0.1) is 0 Å². The van der Waals surface area contributed by atoms with Gasteiger partial charge in [0.05, 0.1) is 0 Å². The van der Waals surface area contributed by atoms with E-state index in [1.807, 2.05) is 12.5 Å². The lowest BCUT2D eigenvalue weighted by molar-refractivity contribution is 1.21. The van der Waals surface area contributed by atoms with Crippen LogP contribution in [0.1, 0.15) is 0 Å². The van der Waals surface area contributed by atoms with E-state index in [4.69, 9.17) is 11.6 Å². The molecule has 5 heteroatoms. The summed E-state index contributed by atoms with van der Waals surface area (Å²) in [6, 6.07) is 0. The van der Waals surface area contributed by atoms with Crippen molar-refractivity contribution in [2.24, 2.45) is 0 Å². The third-order valence-electron chi connectivity index (χ3n) is 0.475. The largest absolute Gasteiger partial charge is 0.238 e. The van der Waals surface area contributed by atoms with Gasteiger partial charge in [0.25, 0.3) is 0 Å². The van der Waals surface area contributed by atoms with Gasteiger partial charge in [0.1, 0.15) is 0 Å². The average molecular weight is 188 g/mol. The van der Waals surface area contributed by atoms with Gasteiger partial charge in [-0.2, -0.15) is 0 Å². The number of halogens is 1. The van der Waals surface area contributed by atoms with Crippen LogP contribution in [-0.2, 0) is 0 Å². The van der Waals surface area contributed by atoms with Gasteiger partial charge in [0, 0.05) is 12.5 Å². The van der Waals surface area contributed by atoms with E-state index in [0.717, 1.165) is 0 Å². The molecule has 8 heavy (non-hydrogen) atoms. The SMILES string of the molecule is CSN(SC)C(=S)Cl. The Morgan fingerprint density at radius 2 is 1.88 bits per heavy atom. The van der Waals surface area contributed by atoms with Gasteiger partial charge in [-0.1, -0.05) is 11.6 Å². The van der Waals surface area contributed by atoms with Crippen molar-refractivity contribution < 1.29 is 0 Å². The topological polar surface area (TPSA) is 3.24 Å². The van der Waals surface area contributed by atoms with E-state index >= 15 is 0 Å². The second-order valence-electron chi connectivity index (χ2n) is 0.875. The van der Waals surface area contributed by atoms with E-state index in [2.05, 4.69) is 12.2 Å². The van der Waals surface area contributed by atoms with Crippen LogP contribution in [0.3, 0.4) is 0 Å². The molecule has 0 atom stereocenters. The molecule has 48 valence electrons. The molecule has 0 fully saturated rings. The Hall–Kier alpha value is 0.880. The molecule has 0 radical (unpaired) electrons. The van der Waals surface area contributed by atoms with Gasteiger partial charge >= 0.3 is 0 Å². The van der Waals surface area contributed by atoms with E-state index in [1.165, 1.54) is 23.9 Å². The van der Waals surface area contributed by atoms with Crippen molar-refractivity contribution >= 4 is 52.2 Å². The monoisotopic (exact) mass is 187 g/mol. The average Bonchev–Trinajstić information content (AvgIpc) is 1.69. The Balaban J connectivity index is 3.52. The lowest BCUT2D eigenvalue weighted by Crippen LogP contribution is -2.06. The minimum atomic E-state index is 0.394. The highest BCUT2D eigenvalue weighted by atomic mass is 35.5. The summed E-state index contributed by atoms with van der Waals surface area (Å²) in [7, 11) is 0. The zero-order valence-corrected chi connectivity index (χ0v) is 7.76. The van der Waals surface area contributed by atoms with Crippen LogP contribution in [0.4, 0.5) is 0 Å². The number of hydrogen-bond acceptors (Lipinski definition) is 3. The Morgan fingerprint density at radius 3 is 1.88 bits per heavy atom. The first-order valence-corrected chi connectivity index (χ1v) is 4.95. The smallest absolute Gasteiger partial charge is 0.190 e. The molecular weight excluding hydrogens is 182 g/mol. The fraction of sp³-hybridized carbons (Fsp3) is 0.667. The van der Waals surface area contributed by atoms with Crippen LogP contribution in [0.15, 0.2) is 0 Å². The first-order valence-electron chi connectivity index (χ1n) is 1.80. The Kier molecular flexibility index (Phi) is 5.25. The molecule has 1 nitrogen and oxygen atoms in total. The third-order valence-corrected chi connectivity index (χ3v) is 3.18. The first-order chi connectivity index (χ1) is 3.72. The minimum Gasteiger partial charge on any atom is -0.238 e. The third kappa shape index (κ3) is 3.02. The van der Waals surface area contributed by atoms with Gasteiger partial charge in [-0.15, -0.1) is 0 Å². The molecule has 0 aliphatic rings. The van der Waals surface area contributed by atoms with Crippen LogP contribution in [0.5, 0.6) is 0 Å². The molecule has 0 aromatic heterocycles.